The van der Waals surface area contributed by atoms with Crippen LogP contribution in [0.2, 0.25) is 0 Å². The van der Waals surface area contributed by atoms with Gasteiger partial charge in [0.1, 0.15) is 10.9 Å². The molecule has 0 bridgehead atoms. The van der Waals surface area contributed by atoms with E-state index < -0.39 is 0 Å². The molecule has 0 amide bonds. The molecule has 1 aromatic heterocycles. The van der Waals surface area contributed by atoms with E-state index >= 15 is 0 Å². The van der Waals surface area contributed by atoms with Gasteiger partial charge in [-0.15, -0.1) is 0 Å². The standard InChI is InChI=1S/C15H17N3S/c1-9-4-6-12(8-10(9)2)19-15-13(14(16)17)7-5-11(3)18-15/h4-8H,1-3H3,(H3,16,17). The maximum atomic E-state index is 7.61. The molecule has 1 aromatic carbocycles. The second-order valence-corrected chi connectivity index (χ2v) is 5.63. The first-order valence-electron chi connectivity index (χ1n) is 6.04. The van der Waals surface area contributed by atoms with Crippen LogP contribution in [0.15, 0.2) is 40.3 Å². The van der Waals surface area contributed by atoms with Crippen molar-refractivity contribution in [3.05, 3.63) is 52.7 Å². The molecule has 0 atom stereocenters. The lowest BCUT2D eigenvalue weighted by Crippen LogP contribution is -2.13. The lowest BCUT2D eigenvalue weighted by Gasteiger charge is -2.09. The van der Waals surface area contributed by atoms with Gasteiger partial charge in [-0.3, -0.25) is 5.41 Å². The zero-order chi connectivity index (χ0) is 14.0. The van der Waals surface area contributed by atoms with Crippen LogP contribution in [0.1, 0.15) is 22.4 Å². The Morgan fingerprint density at radius 2 is 1.84 bits per heavy atom. The second-order valence-electron chi connectivity index (χ2n) is 4.57. The number of hydrogen-bond donors (Lipinski definition) is 2. The molecule has 0 saturated heterocycles. The molecule has 3 N–H and O–H groups in total. The minimum atomic E-state index is 0.0545. The van der Waals surface area contributed by atoms with Crippen molar-refractivity contribution in [2.24, 2.45) is 5.73 Å². The summed E-state index contributed by atoms with van der Waals surface area (Å²) in [5, 5.41) is 8.40. The summed E-state index contributed by atoms with van der Waals surface area (Å²) in [5.74, 6) is 0.0545. The number of nitrogens with zero attached hydrogens (tertiary/aromatic N) is 1. The Labute approximate surface area is 117 Å². The van der Waals surface area contributed by atoms with Crippen molar-refractivity contribution in [2.75, 3.05) is 0 Å². The lowest BCUT2D eigenvalue weighted by atomic mass is 10.1. The molecule has 0 radical (unpaired) electrons. The summed E-state index contributed by atoms with van der Waals surface area (Å²) in [7, 11) is 0. The largest absolute Gasteiger partial charge is 0.384 e. The van der Waals surface area contributed by atoms with Gasteiger partial charge in [-0.05, 0) is 56.2 Å². The van der Waals surface area contributed by atoms with Crippen molar-refractivity contribution >= 4 is 17.6 Å². The number of amidine groups is 1. The van der Waals surface area contributed by atoms with Crippen LogP contribution in [0.4, 0.5) is 0 Å². The van der Waals surface area contributed by atoms with Gasteiger partial charge in [-0.1, -0.05) is 17.8 Å². The van der Waals surface area contributed by atoms with E-state index in [0.717, 1.165) is 15.6 Å². The lowest BCUT2D eigenvalue weighted by molar-refractivity contribution is 1.05. The molecular formula is C15H17N3S. The molecular weight excluding hydrogens is 254 g/mol. The van der Waals surface area contributed by atoms with E-state index in [1.54, 1.807) is 11.8 Å². The van der Waals surface area contributed by atoms with Gasteiger partial charge in [0.05, 0.1) is 0 Å². The van der Waals surface area contributed by atoms with E-state index in [4.69, 9.17) is 11.1 Å². The monoisotopic (exact) mass is 271 g/mol. The van der Waals surface area contributed by atoms with Gasteiger partial charge in [0.25, 0.3) is 0 Å². The fourth-order valence-electron chi connectivity index (χ4n) is 1.70. The van der Waals surface area contributed by atoms with E-state index in [0.29, 0.717) is 5.56 Å². The SMILES string of the molecule is Cc1ccc(C(=N)N)c(Sc2ccc(C)c(C)c2)n1. The summed E-state index contributed by atoms with van der Waals surface area (Å²) in [6.07, 6.45) is 0. The summed E-state index contributed by atoms with van der Waals surface area (Å²) >= 11 is 1.55. The van der Waals surface area contributed by atoms with Crippen molar-refractivity contribution in [1.82, 2.24) is 4.98 Å². The van der Waals surface area contributed by atoms with Crippen LogP contribution in [-0.4, -0.2) is 10.8 Å². The average molecular weight is 271 g/mol. The minimum absolute atomic E-state index is 0.0545. The summed E-state index contributed by atoms with van der Waals surface area (Å²) in [5.41, 5.74) is 9.74. The number of aromatic nitrogens is 1. The summed E-state index contributed by atoms with van der Waals surface area (Å²) in [6.45, 7) is 6.12. The highest BCUT2D eigenvalue weighted by Gasteiger charge is 2.09. The van der Waals surface area contributed by atoms with Gasteiger partial charge in [0.15, 0.2) is 0 Å². The minimum Gasteiger partial charge on any atom is -0.384 e. The Morgan fingerprint density at radius 3 is 2.47 bits per heavy atom. The Bertz CT molecular complexity index is 635. The van der Waals surface area contributed by atoms with Crippen LogP contribution >= 0.6 is 11.8 Å². The third kappa shape index (κ3) is 3.15. The number of nitrogens with one attached hydrogen (secondary N) is 1. The summed E-state index contributed by atoms with van der Waals surface area (Å²) < 4.78 is 0. The van der Waals surface area contributed by atoms with Gasteiger partial charge < -0.3 is 5.73 Å². The van der Waals surface area contributed by atoms with E-state index in [2.05, 4.69) is 37.0 Å². The molecule has 98 valence electrons. The van der Waals surface area contributed by atoms with Crippen molar-refractivity contribution in [2.45, 2.75) is 30.7 Å². The molecule has 2 aromatic rings. The predicted molar refractivity (Wildman–Crippen MR) is 80.0 cm³/mol. The first kappa shape index (κ1) is 13.6. The molecule has 0 fully saturated rings. The maximum absolute atomic E-state index is 7.61. The van der Waals surface area contributed by atoms with E-state index in [9.17, 15) is 0 Å². The van der Waals surface area contributed by atoms with Crippen LogP contribution < -0.4 is 5.73 Å². The van der Waals surface area contributed by atoms with Crippen LogP contribution in [0.25, 0.3) is 0 Å². The molecule has 0 saturated carbocycles. The number of rotatable bonds is 3. The first-order valence-corrected chi connectivity index (χ1v) is 6.86. The van der Waals surface area contributed by atoms with Gasteiger partial charge in [-0.2, -0.15) is 0 Å². The zero-order valence-corrected chi connectivity index (χ0v) is 12.1. The Kier molecular flexibility index (Phi) is 3.90. The molecule has 0 spiro atoms. The highest BCUT2D eigenvalue weighted by molar-refractivity contribution is 7.99. The molecule has 2 rings (SSSR count). The molecule has 0 aliphatic carbocycles. The van der Waals surface area contributed by atoms with Gasteiger partial charge in [0.2, 0.25) is 0 Å². The Hall–Kier alpha value is -1.81. The molecule has 0 unspecified atom stereocenters. The third-order valence-corrected chi connectivity index (χ3v) is 3.98. The fraction of sp³-hybridized carbons (Fsp3) is 0.200. The Morgan fingerprint density at radius 1 is 1.11 bits per heavy atom. The summed E-state index contributed by atoms with van der Waals surface area (Å²) in [4.78, 5) is 5.60. The van der Waals surface area contributed by atoms with Crippen molar-refractivity contribution in [3.63, 3.8) is 0 Å². The van der Waals surface area contributed by atoms with Crippen molar-refractivity contribution in [3.8, 4) is 0 Å². The van der Waals surface area contributed by atoms with Crippen LogP contribution in [0.5, 0.6) is 0 Å². The number of nitrogens with two attached hydrogens (primary N) is 1. The summed E-state index contributed by atoms with van der Waals surface area (Å²) in [6, 6.07) is 10.0. The fourth-order valence-corrected chi connectivity index (χ4v) is 2.78. The second kappa shape index (κ2) is 5.45. The van der Waals surface area contributed by atoms with Crippen LogP contribution in [0, 0.1) is 26.2 Å². The molecule has 4 heteroatoms. The number of nitrogen functional groups attached to an aromatic ring is 1. The highest BCUT2D eigenvalue weighted by Crippen LogP contribution is 2.30. The van der Waals surface area contributed by atoms with Gasteiger partial charge in [0, 0.05) is 16.2 Å². The number of benzene rings is 1. The molecule has 3 nitrogen and oxygen atoms in total. The van der Waals surface area contributed by atoms with E-state index in [1.807, 2.05) is 19.1 Å². The zero-order valence-electron chi connectivity index (χ0n) is 11.3. The maximum Gasteiger partial charge on any atom is 0.125 e. The van der Waals surface area contributed by atoms with Crippen LogP contribution in [-0.2, 0) is 0 Å². The van der Waals surface area contributed by atoms with Gasteiger partial charge in [-0.25, -0.2) is 4.98 Å². The normalized spacial score (nSPS) is 10.5. The molecule has 1 heterocycles. The van der Waals surface area contributed by atoms with E-state index in [1.165, 1.54) is 11.1 Å². The first-order chi connectivity index (χ1) is 8.97. The Balaban J connectivity index is 2.39. The smallest absolute Gasteiger partial charge is 0.125 e. The quantitative estimate of drug-likeness (QED) is 0.664. The number of aryl methyl sites for hydroxylation is 3. The molecule has 0 aliphatic rings. The van der Waals surface area contributed by atoms with E-state index in [-0.39, 0.29) is 5.84 Å². The van der Waals surface area contributed by atoms with Crippen LogP contribution in [0.3, 0.4) is 0 Å². The highest BCUT2D eigenvalue weighted by atomic mass is 32.2. The molecule has 0 aliphatic heterocycles. The average Bonchev–Trinajstić information content (AvgIpc) is 2.33. The number of pyridine rings is 1. The molecule has 19 heavy (non-hydrogen) atoms. The predicted octanol–water partition coefficient (Wildman–Crippen LogP) is 3.44. The number of hydrogen-bond acceptors (Lipinski definition) is 3. The topological polar surface area (TPSA) is 62.8 Å². The van der Waals surface area contributed by atoms with Crippen molar-refractivity contribution < 1.29 is 0 Å². The van der Waals surface area contributed by atoms with Gasteiger partial charge >= 0.3 is 0 Å². The van der Waals surface area contributed by atoms with Crippen molar-refractivity contribution in [1.29, 1.82) is 5.41 Å². The third-order valence-electron chi connectivity index (χ3n) is 2.98.